The topological polar surface area (TPSA) is 127 Å². The van der Waals surface area contributed by atoms with Crippen molar-refractivity contribution in [1.82, 2.24) is 9.88 Å². The van der Waals surface area contributed by atoms with Gasteiger partial charge in [-0.25, -0.2) is 18.6 Å². The standard InChI is InChI=1S/C23H26F2N3O6P.2Na/c1-28(14-18-8-4-10-20(24)22(18)25)19(9-5-11-34-35(30,31)32)15-33-23(29)27-21-12-16-6-2-3-7-17(16)13-26-21;;/h2-4,6-8,10,12-13,19H,5,9,11,14-15H2,1H3,(H,26,27,29)(H2,30,31,32);;/q;2*+1/p-2/t19-;;/m0../s1. The van der Waals surface area contributed by atoms with Crippen LogP contribution in [0.4, 0.5) is 19.4 Å². The zero-order chi connectivity index (χ0) is 25.4. The van der Waals surface area contributed by atoms with Gasteiger partial charge in [0.1, 0.15) is 12.4 Å². The van der Waals surface area contributed by atoms with Gasteiger partial charge in [0.15, 0.2) is 11.6 Å². The maximum absolute atomic E-state index is 14.1. The van der Waals surface area contributed by atoms with Crippen LogP contribution < -0.4 is 74.2 Å². The van der Waals surface area contributed by atoms with E-state index in [1.807, 2.05) is 24.3 Å². The average Bonchev–Trinajstić information content (AvgIpc) is 2.80. The first-order chi connectivity index (χ1) is 16.6. The third-order valence-corrected chi connectivity index (χ3v) is 5.77. The van der Waals surface area contributed by atoms with Crippen molar-refractivity contribution in [3.63, 3.8) is 0 Å². The summed E-state index contributed by atoms with van der Waals surface area (Å²) >= 11 is 0. The summed E-state index contributed by atoms with van der Waals surface area (Å²) in [5.74, 6) is -1.68. The molecule has 0 aliphatic rings. The number of amides is 1. The van der Waals surface area contributed by atoms with E-state index in [1.165, 1.54) is 12.1 Å². The van der Waals surface area contributed by atoms with Gasteiger partial charge in [-0.05, 0) is 37.4 Å². The van der Waals surface area contributed by atoms with E-state index in [-0.39, 0.29) is 103 Å². The molecule has 0 fully saturated rings. The first-order valence-corrected chi connectivity index (χ1v) is 12.2. The van der Waals surface area contributed by atoms with Crippen LogP contribution in [-0.2, 0) is 20.4 Å². The molecular formula is C23H24F2N3Na2O6P. The largest absolute Gasteiger partial charge is 1.00 e. The number of carbonyl (C=O) groups excluding carboxylic acids is 1. The quantitative estimate of drug-likeness (QED) is 0.153. The van der Waals surface area contributed by atoms with E-state index in [0.717, 1.165) is 16.8 Å². The van der Waals surface area contributed by atoms with Crippen molar-refractivity contribution >= 4 is 30.5 Å². The smallest absolute Gasteiger partial charge is 0.790 e. The minimum atomic E-state index is -5.11. The molecule has 0 unspecified atom stereocenters. The number of ether oxygens (including phenoxy) is 1. The van der Waals surface area contributed by atoms with Crippen molar-refractivity contribution < 1.29 is 96.3 Å². The van der Waals surface area contributed by atoms with Crippen molar-refractivity contribution in [1.29, 1.82) is 0 Å². The minimum absolute atomic E-state index is 0. The summed E-state index contributed by atoms with van der Waals surface area (Å²) in [5, 5.41) is 4.32. The minimum Gasteiger partial charge on any atom is -0.790 e. The van der Waals surface area contributed by atoms with Gasteiger partial charge >= 0.3 is 65.2 Å². The molecule has 9 nitrogen and oxygen atoms in total. The zero-order valence-electron chi connectivity index (χ0n) is 20.9. The SMILES string of the molecule is CN(Cc1cccc(F)c1F)[C@@H](CCCOP(=O)([O-])[O-])COC(=O)Nc1cc2ccccc2cn1.[Na+].[Na+]. The van der Waals surface area contributed by atoms with Crippen LogP contribution in [0, 0.1) is 11.6 Å². The molecule has 0 bridgehead atoms. The summed E-state index contributed by atoms with van der Waals surface area (Å²) in [5.41, 5.74) is 0.0992. The second-order valence-electron chi connectivity index (χ2n) is 7.84. The molecule has 1 N–H and O–H groups in total. The van der Waals surface area contributed by atoms with Gasteiger partial charge in [-0.3, -0.25) is 10.2 Å². The van der Waals surface area contributed by atoms with Gasteiger partial charge in [-0.2, -0.15) is 0 Å². The van der Waals surface area contributed by atoms with Gasteiger partial charge in [-0.1, -0.05) is 36.4 Å². The molecule has 1 aromatic heterocycles. The van der Waals surface area contributed by atoms with Gasteiger partial charge in [0.2, 0.25) is 0 Å². The number of phosphoric acid groups is 1. The van der Waals surface area contributed by atoms with Gasteiger partial charge in [0.25, 0.3) is 0 Å². The Morgan fingerprint density at radius 2 is 1.84 bits per heavy atom. The van der Waals surface area contributed by atoms with Gasteiger partial charge < -0.3 is 23.6 Å². The van der Waals surface area contributed by atoms with Crippen LogP contribution in [0.3, 0.4) is 0 Å². The fourth-order valence-electron chi connectivity index (χ4n) is 3.46. The molecule has 37 heavy (non-hydrogen) atoms. The summed E-state index contributed by atoms with van der Waals surface area (Å²) in [6.45, 7) is -0.511. The van der Waals surface area contributed by atoms with Crippen molar-refractivity contribution in [2.24, 2.45) is 0 Å². The fraction of sp³-hybridized carbons (Fsp3) is 0.304. The number of aromatic nitrogens is 1. The van der Waals surface area contributed by atoms with Crippen molar-refractivity contribution in [2.45, 2.75) is 25.4 Å². The Morgan fingerprint density at radius 1 is 1.14 bits per heavy atom. The maximum Gasteiger partial charge on any atom is 1.00 e. The molecule has 14 heteroatoms. The number of hydrogen-bond acceptors (Lipinski definition) is 8. The van der Waals surface area contributed by atoms with E-state index in [0.29, 0.717) is 0 Å². The molecule has 0 spiro atoms. The molecule has 0 aliphatic carbocycles. The predicted octanol–water partition coefficient (Wildman–Crippen LogP) is -2.80. The number of pyridine rings is 1. The Balaban J connectivity index is 0.00000342. The Morgan fingerprint density at radius 3 is 2.54 bits per heavy atom. The van der Waals surface area contributed by atoms with E-state index in [4.69, 9.17) is 4.74 Å². The Bertz CT molecular complexity index is 1220. The average molecular weight is 553 g/mol. The second kappa shape index (κ2) is 16.2. The number of hydrogen-bond donors (Lipinski definition) is 1. The number of fused-ring (bicyclic) bond motifs is 1. The van der Waals surface area contributed by atoms with E-state index in [2.05, 4.69) is 14.8 Å². The van der Waals surface area contributed by atoms with E-state index >= 15 is 0 Å². The number of nitrogens with one attached hydrogen (secondary N) is 1. The monoisotopic (exact) mass is 553 g/mol. The summed E-state index contributed by atoms with van der Waals surface area (Å²) in [6.07, 6.45) is 1.23. The van der Waals surface area contributed by atoms with Crippen molar-refractivity contribution in [3.05, 3.63) is 71.9 Å². The maximum atomic E-state index is 14.1. The van der Waals surface area contributed by atoms with Crippen LogP contribution in [-0.4, -0.2) is 42.3 Å². The third-order valence-electron chi connectivity index (χ3n) is 5.27. The second-order valence-corrected chi connectivity index (χ2v) is 9.00. The molecule has 0 aliphatic heterocycles. The molecule has 1 heterocycles. The van der Waals surface area contributed by atoms with Crippen LogP contribution in [0.2, 0.25) is 0 Å². The summed E-state index contributed by atoms with van der Waals surface area (Å²) < 4.78 is 47.9. The Labute approximate surface area is 257 Å². The van der Waals surface area contributed by atoms with Gasteiger partial charge in [-0.15, -0.1) is 0 Å². The van der Waals surface area contributed by atoms with Crippen LogP contribution in [0.5, 0.6) is 0 Å². The van der Waals surface area contributed by atoms with Gasteiger partial charge in [0, 0.05) is 29.7 Å². The van der Waals surface area contributed by atoms with Crippen LogP contribution >= 0.6 is 7.82 Å². The van der Waals surface area contributed by atoms with Crippen LogP contribution in [0.15, 0.2) is 54.7 Å². The fourth-order valence-corrected chi connectivity index (χ4v) is 3.81. The third kappa shape index (κ3) is 11.4. The zero-order valence-corrected chi connectivity index (χ0v) is 25.8. The van der Waals surface area contributed by atoms with Crippen LogP contribution in [0.1, 0.15) is 18.4 Å². The predicted molar refractivity (Wildman–Crippen MR) is 121 cm³/mol. The first kappa shape index (κ1) is 34.1. The number of nitrogens with zero attached hydrogens (tertiary/aromatic N) is 2. The van der Waals surface area contributed by atoms with Gasteiger partial charge in [0.05, 0.1) is 14.4 Å². The van der Waals surface area contributed by atoms with Crippen LogP contribution in [0.25, 0.3) is 10.8 Å². The Hall–Kier alpha value is -0.950. The number of benzene rings is 2. The first-order valence-electron chi connectivity index (χ1n) is 10.7. The summed E-state index contributed by atoms with van der Waals surface area (Å²) in [7, 11) is -3.49. The van der Waals surface area contributed by atoms with Crippen molar-refractivity contribution in [3.8, 4) is 0 Å². The molecule has 3 rings (SSSR count). The van der Waals surface area contributed by atoms with E-state index in [1.54, 1.807) is 24.2 Å². The van der Waals surface area contributed by atoms with E-state index in [9.17, 15) is 27.9 Å². The number of rotatable bonds is 11. The molecule has 188 valence electrons. The summed E-state index contributed by atoms with van der Waals surface area (Å²) in [4.78, 5) is 39.5. The molecule has 0 radical (unpaired) electrons. The molecular weight excluding hydrogens is 529 g/mol. The van der Waals surface area contributed by atoms with Crippen molar-refractivity contribution in [2.75, 3.05) is 25.6 Å². The summed E-state index contributed by atoms with van der Waals surface area (Å²) in [6, 6.07) is 12.5. The molecule has 1 amide bonds. The molecule has 3 aromatic rings. The number of carbonyl (C=O) groups is 1. The number of halogens is 2. The molecule has 1 atom stereocenters. The molecule has 0 saturated carbocycles. The normalized spacial score (nSPS) is 11.9. The molecule has 0 saturated heterocycles. The number of phosphoric ester groups is 1. The Kier molecular flexibility index (Phi) is 14.9. The number of anilines is 1. The number of likely N-dealkylation sites (N-methyl/N-ethyl adjacent to an activating group) is 1. The molecule has 2 aromatic carbocycles. The van der Waals surface area contributed by atoms with E-state index < -0.39 is 31.6 Å².